The maximum absolute atomic E-state index is 8.61. The zero-order chi connectivity index (χ0) is 31.3. The van der Waals surface area contributed by atoms with E-state index in [1.807, 2.05) is 0 Å². The molecule has 0 saturated heterocycles. The van der Waals surface area contributed by atoms with Crippen LogP contribution in [-0.2, 0) is 3.74 Å². The van der Waals surface area contributed by atoms with E-state index in [1.54, 1.807) is 0 Å². The summed E-state index contributed by atoms with van der Waals surface area (Å²) >= 11 is -5.79. The predicted octanol–water partition coefficient (Wildman–Crippen LogP) is -4.62. The average Bonchev–Trinajstić information content (AvgIpc) is 3.04. The van der Waals surface area contributed by atoms with Crippen LogP contribution in [0.5, 0.6) is 0 Å². The van der Waals surface area contributed by atoms with Gasteiger partial charge in [-0.2, -0.15) is 0 Å². The van der Waals surface area contributed by atoms with E-state index in [0.29, 0.717) is 0 Å². The molecule has 0 atom stereocenters. The van der Waals surface area contributed by atoms with Gasteiger partial charge in [0.05, 0.1) is 0 Å². The number of hydrogen-bond acceptors (Lipinski definition) is 4. The Kier molecular flexibility index (Phi) is 17.7. The van der Waals surface area contributed by atoms with Crippen LogP contribution in [0.15, 0.2) is 182 Å². The zero-order valence-corrected chi connectivity index (χ0v) is 31.9. The zero-order valence-electron chi connectivity index (χ0n) is 23.5. The summed E-state index contributed by atoms with van der Waals surface area (Å²) in [7, 11) is 0. The van der Waals surface area contributed by atoms with Crippen LogP contribution in [0.2, 0.25) is 0 Å². The maximum Gasteiger partial charge on any atom is 0.357 e. The Bertz CT molecular complexity index is 1300. The first kappa shape index (κ1) is 36.2. The summed E-state index contributed by atoms with van der Waals surface area (Å²) in [4.78, 5) is 0. The van der Waals surface area contributed by atoms with Crippen LogP contribution < -0.4 is 75.9 Å². The van der Waals surface area contributed by atoms with Crippen molar-refractivity contribution in [2.45, 2.75) is 0 Å². The molecule has 6 aromatic rings. The van der Waals surface area contributed by atoms with Gasteiger partial charge in [0.1, 0.15) is 0 Å². The third-order valence-electron chi connectivity index (χ3n) is 5.05. The minimum Gasteiger partial charge on any atom is -0.0619 e. The molecule has 0 radical (unpaired) electrons. The minimum absolute atomic E-state index is 0.0287. The predicted molar refractivity (Wildman–Crippen MR) is 157 cm³/mol. The molecular weight excluding hydrogens is 952 g/mol. The fourth-order valence-corrected chi connectivity index (χ4v) is 10.1. The molecule has 44 heavy (non-hydrogen) atoms. The van der Waals surface area contributed by atoms with Crippen LogP contribution in [0, 0.1) is 21.4 Å². The summed E-state index contributed by atoms with van der Waals surface area (Å²) in [6, 6.07) is 64.2. The van der Waals surface area contributed by atoms with Crippen molar-refractivity contribution in [3.8, 4) is 0 Å². The van der Waals surface area contributed by atoms with Gasteiger partial charge in [-0.3, -0.25) is 0 Å². The number of rotatable bonds is 6. The van der Waals surface area contributed by atoms with E-state index in [4.69, 9.17) is 16.0 Å². The van der Waals surface area contributed by atoms with Crippen molar-refractivity contribution in [3.63, 3.8) is 0 Å². The van der Waals surface area contributed by atoms with Gasteiger partial charge in [0.25, 0.3) is 0 Å². The quantitative estimate of drug-likeness (QED) is 0.124. The van der Waals surface area contributed by atoms with Crippen molar-refractivity contribution >= 4 is 14.5 Å². The van der Waals surface area contributed by atoms with Crippen molar-refractivity contribution < 1.29 is 79.6 Å². The first-order valence-corrected chi connectivity index (χ1v) is 22.9. The van der Waals surface area contributed by atoms with Gasteiger partial charge in [-0.15, -0.1) is 0 Å². The molecule has 4 nitrogen and oxygen atoms in total. The number of halogens is 3. The molecule has 224 valence electrons. The van der Waals surface area contributed by atoms with Gasteiger partial charge in [0, 0.05) is 0 Å². The van der Waals surface area contributed by atoms with E-state index < -0.39 is 14.5 Å². The Hall–Kier alpha value is -2.25. The van der Waals surface area contributed by atoms with E-state index in [2.05, 4.69) is 182 Å². The largest absolute Gasteiger partial charge is 0.357 e. The van der Waals surface area contributed by atoms with E-state index in [-0.39, 0.29) is 63.6 Å². The fourth-order valence-electron chi connectivity index (χ4n) is 3.24. The molecular formula is C36H30AsI3O4. The number of hydrogen-bond donors (Lipinski definition) is 0. The molecule has 0 aromatic heterocycles. The topological polar surface area (TPSA) is 86.2 Å². The smallest absolute Gasteiger partial charge is 0.0619 e. The average molecular weight is 982 g/mol. The molecule has 0 saturated carbocycles. The molecule has 6 aromatic carbocycles. The van der Waals surface area contributed by atoms with E-state index >= 15 is 0 Å². The Morgan fingerprint density at radius 2 is 0.409 bits per heavy atom. The van der Waals surface area contributed by atoms with Crippen molar-refractivity contribution in [3.05, 3.63) is 203 Å². The molecule has 0 heterocycles. The van der Waals surface area contributed by atoms with E-state index in [1.165, 1.54) is 21.4 Å². The van der Waals surface area contributed by atoms with E-state index in [9.17, 15) is 0 Å². The third-order valence-corrected chi connectivity index (χ3v) is 13.1. The molecule has 0 aliphatic carbocycles. The molecule has 6 rings (SSSR count). The Labute approximate surface area is 294 Å². The number of benzene rings is 6. The molecule has 0 amide bonds. The maximum atomic E-state index is 8.61. The van der Waals surface area contributed by atoms with Crippen molar-refractivity contribution in [1.82, 2.24) is 0 Å². The minimum atomic E-state index is -5.88. The van der Waals surface area contributed by atoms with Gasteiger partial charge >= 0.3 is 94.2 Å². The first-order chi connectivity index (χ1) is 21.3. The molecule has 0 fully saturated rings. The second-order valence-corrected chi connectivity index (χ2v) is 19.5. The van der Waals surface area contributed by atoms with Gasteiger partial charge in [-0.05, 0) is 72.8 Å². The van der Waals surface area contributed by atoms with Crippen LogP contribution in [0.1, 0.15) is 0 Å². The van der Waals surface area contributed by atoms with Crippen LogP contribution in [0.3, 0.4) is 0 Å². The summed E-state index contributed by atoms with van der Waals surface area (Å²) in [6.45, 7) is 0. The summed E-state index contributed by atoms with van der Waals surface area (Å²) < 4.78 is 43.3. The van der Waals surface area contributed by atoms with Crippen molar-refractivity contribution in [1.29, 1.82) is 0 Å². The van der Waals surface area contributed by atoms with Gasteiger partial charge in [0.15, 0.2) is 21.4 Å². The van der Waals surface area contributed by atoms with Gasteiger partial charge in [0.2, 0.25) is 0 Å². The molecule has 8 heteroatoms. The standard InChI is InChI=1S/3C12H10I.AsH3O4/c3*1-3-7-11(8-4-1)13-12-9-5-2-6-10-12;2-1(3,4)5/h3*1-10H;(H3,2,3,4,5)/q3*+1;/p-3. The van der Waals surface area contributed by atoms with Crippen LogP contribution in [0.25, 0.3) is 0 Å². The van der Waals surface area contributed by atoms with Gasteiger partial charge in [-0.25, -0.2) is 0 Å². The summed E-state index contributed by atoms with van der Waals surface area (Å²) in [6.07, 6.45) is 0. The Morgan fingerprint density at radius 1 is 0.295 bits per heavy atom. The SMILES string of the molecule is O=[As]([O-])([O-])[O-].c1ccc([I+]c2ccccc2)cc1.c1ccc([I+]c2ccccc2)cc1.c1ccc([I+]c2ccccc2)cc1. The summed E-state index contributed by atoms with van der Waals surface area (Å²) in [5.41, 5.74) is 0. The summed E-state index contributed by atoms with van der Waals surface area (Å²) in [5, 5.41) is 0. The second-order valence-electron chi connectivity index (χ2n) is 8.50. The fraction of sp³-hybridized carbons (Fsp3) is 0. The van der Waals surface area contributed by atoms with Crippen LogP contribution in [0.4, 0.5) is 0 Å². The normalized spacial score (nSPS) is 10.1. The van der Waals surface area contributed by atoms with Gasteiger partial charge in [-0.1, -0.05) is 109 Å². The molecule has 0 spiro atoms. The van der Waals surface area contributed by atoms with Crippen LogP contribution >= 0.6 is 0 Å². The molecule has 0 bridgehead atoms. The first-order valence-electron chi connectivity index (χ1n) is 13.3. The molecule has 0 aliphatic rings. The third kappa shape index (κ3) is 17.9. The Balaban J connectivity index is 0.000000168. The molecule has 0 unspecified atom stereocenters. The molecule has 0 N–H and O–H groups in total. The van der Waals surface area contributed by atoms with Gasteiger partial charge < -0.3 is 0 Å². The second kappa shape index (κ2) is 21.5. The van der Waals surface area contributed by atoms with Crippen molar-refractivity contribution in [2.75, 3.05) is 0 Å². The van der Waals surface area contributed by atoms with Crippen LogP contribution in [-0.4, -0.2) is 14.5 Å². The monoisotopic (exact) mass is 982 g/mol. The van der Waals surface area contributed by atoms with Crippen molar-refractivity contribution in [2.24, 2.45) is 0 Å². The van der Waals surface area contributed by atoms with E-state index in [0.717, 1.165) is 0 Å². The Morgan fingerprint density at radius 3 is 0.523 bits per heavy atom. The molecule has 0 aliphatic heterocycles. The summed E-state index contributed by atoms with van der Waals surface area (Å²) in [5.74, 6) is 0.